The molecular formula is C11H19N3S. The maximum absolute atomic E-state index is 4.45. The first-order valence-corrected chi connectivity index (χ1v) is 6.79. The molecule has 0 aromatic carbocycles. The molecule has 1 fully saturated rings. The topological polar surface area (TPSA) is 29.9 Å². The standard InChI is InChI=1S/C11H19N3S/c1-3-14-11(6-9(2)13-14)7-12-10-4-5-15-8-10/h6,10,12H,3-5,7-8H2,1-2H3. The fourth-order valence-corrected chi connectivity index (χ4v) is 3.15. The first-order chi connectivity index (χ1) is 7.29. The SMILES string of the molecule is CCn1nc(C)cc1CNC1CCSC1. The van der Waals surface area contributed by atoms with Gasteiger partial charge in [-0.1, -0.05) is 0 Å². The van der Waals surface area contributed by atoms with Crippen molar-refractivity contribution < 1.29 is 0 Å². The largest absolute Gasteiger partial charge is 0.308 e. The van der Waals surface area contributed by atoms with Gasteiger partial charge in [0.25, 0.3) is 0 Å². The first kappa shape index (κ1) is 11.0. The van der Waals surface area contributed by atoms with Crippen LogP contribution in [0, 0.1) is 6.92 Å². The summed E-state index contributed by atoms with van der Waals surface area (Å²) in [4.78, 5) is 0. The minimum atomic E-state index is 0.704. The van der Waals surface area contributed by atoms with Crippen molar-refractivity contribution in [2.45, 2.75) is 39.4 Å². The van der Waals surface area contributed by atoms with E-state index in [0.717, 1.165) is 18.8 Å². The Hall–Kier alpha value is -0.480. The lowest BCUT2D eigenvalue weighted by Crippen LogP contribution is -2.29. The highest BCUT2D eigenvalue weighted by atomic mass is 32.2. The number of thioether (sulfide) groups is 1. The Morgan fingerprint density at radius 2 is 2.53 bits per heavy atom. The van der Waals surface area contributed by atoms with Gasteiger partial charge >= 0.3 is 0 Å². The third-order valence-electron chi connectivity index (χ3n) is 2.79. The molecule has 1 aromatic heterocycles. The lowest BCUT2D eigenvalue weighted by atomic mass is 10.2. The van der Waals surface area contributed by atoms with Gasteiger partial charge in [0, 0.05) is 24.9 Å². The average Bonchev–Trinajstić information content (AvgIpc) is 2.83. The molecule has 0 spiro atoms. The van der Waals surface area contributed by atoms with E-state index in [4.69, 9.17) is 0 Å². The average molecular weight is 225 g/mol. The highest BCUT2D eigenvalue weighted by molar-refractivity contribution is 7.99. The Balaban J connectivity index is 1.91. The summed E-state index contributed by atoms with van der Waals surface area (Å²) in [6.07, 6.45) is 1.31. The predicted octanol–water partition coefficient (Wildman–Crippen LogP) is 1.81. The van der Waals surface area contributed by atoms with Crippen LogP contribution in [0.2, 0.25) is 0 Å². The Kier molecular flexibility index (Phi) is 3.70. The van der Waals surface area contributed by atoms with Gasteiger partial charge in [0.1, 0.15) is 0 Å². The van der Waals surface area contributed by atoms with Crippen molar-refractivity contribution in [3.8, 4) is 0 Å². The fourth-order valence-electron chi connectivity index (χ4n) is 1.96. The molecule has 1 atom stereocenters. The molecule has 0 aliphatic carbocycles. The van der Waals surface area contributed by atoms with Crippen LogP contribution >= 0.6 is 11.8 Å². The number of aryl methyl sites for hydroxylation is 2. The van der Waals surface area contributed by atoms with Crippen LogP contribution in [0.1, 0.15) is 24.7 Å². The molecule has 84 valence electrons. The lowest BCUT2D eigenvalue weighted by Gasteiger charge is -2.11. The van der Waals surface area contributed by atoms with Crippen molar-refractivity contribution in [3.05, 3.63) is 17.5 Å². The van der Waals surface area contributed by atoms with Crippen molar-refractivity contribution in [1.82, 2.24) is 15.1 Å². The molecule has 2 rings (SSSR count). The summed E-state index contributed by atoms with van der Waals surface area (Å²) in [5.41, 5.74) is 2.43. The van der Waals surface area contributed by atoms with Gasteiger partial charge in [-0.3, -0.25) is 4.68 Å². The van der Waals surface area contributed by atoms with E-state index in [2.05, 4.69) is 35.0 Å². The summed E-state index contributed by atoms with van der Waals surface area (Å²) in [5, 5.41) is 8.05. The van der Waals surface area contributed by atoms with Crippen molar-refractivity contribution in [3.63, 3.8) is 0 Å². The molecule has 1 saturated heterocycles. The lowest BCUT2D eigenvalue weighted by molar-refractivity contribution is 0.522. The van der Waals surface area contributed by atoms with Crippen LogP contribution in [0.4, 0.5) is 0 Å². The van der Waals surface area contributed by atoms with Crippen LogP contribution in [0.5, 0.6) is 0 Å². The number of hydrogen-bond acceptors (Lipinski definition) is 3. The van der Waals surface area contributed by atoms with Crippen molar-refractivity contribution >= 4 is 11.8 Å². The minimum absolute atomic E-state index is 0.704. The Bertz CT molecular complexity index is 316. The van der Waals surface area contributed by atoms with E-state index in [1.807, 2.05) is 11.8 Å². The molecule has 1 N–H and O–H groups in total. The summed E-state index contributed by atoms with van der Waals surface area (Å²) < 4.78 is 2.09. The van der Waals surface area contributed by atoms with Gasteiger partial charge in [0.2, 0.25) is 0 Å². The molecule has 0 bridgehead atoms. The second-order valence-electron chi connectivity index (χ2n) is 4.03. The van der Waals surface area contributed by atoms with Gasteiger partial charge in [-0.05, 0) is 32.1 Å². The van der Waals surface area contributed by atoms with Crippen molar-refractivity contribution in [1.29, 1.82) is 0 Å². The van der Waals surface area contributed by atoms with Crippen LogP contribution < -0.4 is 5.32 Å². The Morgan fingerprint density at radius 3 is 3.20 bits per heavy atom. The second-order valence-corrected chi connectivity index (χ2v) is 5.18. The maximum atomic E-state index is 4.45. The molecule has 0 saturated carbocycles. The van der Waals surface area contributed by atoms with Gasteiger partial charge in [-0.25, -0.2) is 0 Å². The van der Waals surface area contributed by atoms with Crippen LogP contribution in [-0.2, 0) is 13.1 Å². The van der Waals surface area contributed by atoms with E-state index < -0.39 is 0 Å². The molecule has 3 nitrogen and oxygen atoms in total. The molecule has 2 heterocycles. The Labute approximate surface area is 95.6 Å². The third-order valence-corrected chi connectivity index (χ3v) is 3.95. The van der Waals surface area contributed by atoms with E-state index in [9.17, 15) is 0 Å². The van der Waals surface area contributed by atoms with Gasteiger partial charge in [0.05, 0.1) is 11.4 Å². The maximum Gasteiger partial charge on any atom is 0.0597 e. The van der Waals surface area contributed by atoms with Crippen LogP contribution in [0.15, 0.2) is 6.07 Å². The summed E-state index contributed by atoms with van der Waals surface area (Å²) in [6.45, 7) is 6.12. The van der Waals surface area contributed by atoms with Gasteiger partial charge in [-0.15, -0.1) is 0 Å². The van der Waals surface area contributed by atoms with E-state index in [1.165, 1.54) is 23.6 Å². The van der Waals surface area contributed by atoms with E-state index in [-0.39, 0.29) is 0 Å². The highest BCUT2D eigenvalue weighted by Gasteiger charge is 2.15. The van der Waals surface area contributed by atoms with Gasteiger partial charge < -0.3 is 5.32 Å². The number of nitrogens with zero attached hydrogens (tertiary/aromatic N) is 2. The number of nitrogens with one attached hydrogen (secondary N) is 1. The number of hydrogen-bond donors (Lipinski definition) is 1. The normalized spacial score (nSPS) is 21.1. The number of rotatable bonds is 4. The zero-order valence-corrected chi connectivity index (χ0v) is 10.3. The molecule has 4 heteroatoms. The molecule has 0 radical (unpaired) electrons. The van der Waals surface area contributed by atoms with Crippen LogP contribution in [0.25, 0.3) is 0 Å². The number of aromatic nitrogens is 2. The molecule has 1 aromatic rings. The van der Waals surface area contributed by atoms with Gasteiger partial charge in [0.15, 0.2) is 0 Å². The molecule has 1 unspecified atom stereocenters. The van der Waals surface area contributed by atoms with E-state index >= 15 is 0 Å². The van der Waals surface area contributed by atoms with E-state index in [0.29, 0.717) is 6.04 Å². The zero-order valence-electron chi connectivity index (χ0n) is 9.49. The summed E-state index contributed by atoms with van der Waals surface area (Å²) >= 11 is 2.05. The first-order valence-electron chi connectivity index (χ1n) is 5.64. The second kappa shape index (κ2) is 5.03. The van der Waals surface area contributed by atoms with Crippen LogP contribution in [-0.4, -0.2) is 27.3 Å². The third kappa shape index (κ3) is 2.75. The van der Waals surface area contributed by atoms with E-state index in [1.54, 1.807) is 0 Å². The monoisotopic (exact) mass is 225 g/mol. The smallest absolute Gasteiger partial charge is 0.0597 e. The molecule has 15 heavy (non-hydrogen) atoms. The molecule has 1 aliphatic heterocycles. The highest BCUT2D eigenvalue weighted by Crippen LogP contribution is 2.17. The summed E-state index contributed by atoms with van der Waals surface area (Å²) in [6, 6.07) is 2.88. The Morgan fingerprint density at radius 1 is 1.67 bits per heavy atom. The summed E-state index contributed by atoms with van der Waals surface area (Å²) in [5.74, 6) is 2.57. The van der Waals surface area contributed by atoms with Crippen LogP contribution in [0.3, 0.4) is 0 Å². The summed E-state index contributed by atoms with van der Waals surface area (Å²) in [7, 11) is 0. The van der Waals surface area contributed by atoms with Gasteiger partial charge in [-0.2, -0.15) is 16.9 Å². The van der Waals surface area contributed by atoms with Crippen molar-refractivity contribution in [2.75, 3.05) is 11.5 Å². The minimum Gasteiger partial charge on any atom is -0.308 e. The van der Waals surface area contributed by atoms with Crippen molar-refractivity contribution in [2.24, 2.45) is 0 Å². The molecule has 0 amide bonds. The fraction of sp³-hybridized carbons (Fsp3) is 0.727. The predicted molar refractivity (Wildman–Crippen MR) is 65.2 cm³/mol. The molecule has 1 aliphatic rings. The quantitative estimate of drug-likeness (QED) is 0.847. The molecular weight excluding hydrogens is 206 g/mol. The zero-order chi connectivity index (χ0) is 10.7.